The summed E-state index contributed by atoms with van der Waals surface area (Å²) in [5.74, 6) is 1.91. The lowest BCUT2D eigenvalue weighted by Gasteiger charge is -2.12. The van der Waals surface area contributed by atoms with Crippen molar-refractivity contribution >= 4 is 21.5 Å². The minimum Gasteiger partial charge on any atom is -0.208 e. The predicted octanol–water partition coefficient (Wildman–Crippen LogP) is 12.2. The summed E-state index contributed by atoms with van der Waals surface area (Å²) >= 11 is 0. The Labute approximate surface area is 291 Å². The van der Waals surface area contributed by atoms with Crippen molar-refractivity contribution in [3.63, 3.8) is 0 Å². The lowest BCUT2D eigenvalue weighted by Crippen LogP contribution is -2.00. The topological polar surface area (TPSA) is 38.7 Å². The number of aromatic nitrogens is 3. The van der Waals surface area contributed by atoms with E-state index in [2.05, 4.69) is 176 Å². The van der Waals surface area contributed by atoms with Crippen LogP contribution in [0.2, 0.25) is 0 Å². The molecule has 0 saturated heterocycles. The number of benzene rings is 8. The molecule has 234 valence electrons. The number of hydrogen-bond acceptors (Lipinski definition) is 3. The van der Waals surface area contributed by atoms with Crippen LogP contribution in [0, 0.1) is 0 Å². The second-order valence-electron chi connectivity index (χ2n) is 12.5. The maximum atomic E-state index is 5.06. The van der Waals surface area contributed by atoms with Gasteiger partial charge in [0.2, 0.25) is 0 Å². The zero-order valence-corrected chi connectivity index (χ0v) is 27.2. The molecule has 0 bridgehead atoms. The molecule has 8 aromatic carbocycles. The van der Waals surface area contributed by atoms with Gasteiger partial charge in [0.05, 0.1) is 0 Å². The van der Waals surface area contributed by atoms with Gasteiger partial charge in [-0.1, -0.05) is 182 Å². The molecule has 50 heavy (non-hydrogen) atoms. The molecule has 9 aromatic rings. The quantitative estimate of drug-likeness (QED) is 0.170. The molecule has 0 radical (unpaired) electrons. The molecule has 0 fully saturated rings. The third-order valence-corrected chi connectivity index (χ3v) is 9.35. The van der Waals surface area contributed by atoms with Gasteiger partial charge in [-0.2, -0.15) is 0 Å². The van der Waals surface area contributed by atoms with Crippen molar-refractivity contribution in [2.24, 2.45) is 0 Å². The predicted molar refractivity (Wildman–Crippen MR) is 207 cm³/mol. The Morgan fingerprint density at radius 3 is 1.38 bits per heavy atom. The van der Waals surface area contributed by atoms with E-state index >= 15 is 0 Å². The molecule has 3 heteroatoms. The Hall–Kier alpha value is -6.71. The van der Waals surface area contributed by atoms with E-state index in [0.717, 1.165) is 38.9 Å². The Morgan fingerprint density at radius 2 is 0.700 bits per heavy atom. The van der Waals surface area contributed by atoms with Crippen molar-refractivity contribution in [2.45, 2.75) is 0 Å². The van der Waals surface area contributed by atoms with Crippen molar-refractivity contribution in [1.29, 1.82) is 0 Å². The zero-order valence-electron chi connectivity index (χ0n) is 27.2. The van der Waals surface area contributed by atoms with Crippen LogP contribution < -0.4 is 0 Å². The standard InChI is InChI=1S/C47H31N3/c1-3-11-32(12-4-1)34-21-25-37(26-22-34)45-48-46(50-47(49-45)40-17-9-16-39(31-40)33-13-5-2-6-14-33)38-27-23-36(24-28-38)42-19-10-20-43-41-18-8-7-15-35(41)29-30-44(42)43/h1-31H. The van der Waals surface area contributed by atoms with Gasteiger partial charge in [0.15, 0.2) is 17.5 Å². The van der Waals surface area contributed by atoms with Crippen LogP contribution in [0.1, 0.15) is 0 Å². The monoisotopic (exact) mass is 637 g/mol. The molecule has 1 heterocycles. The lowest BCUT2D eigenvalue weighted by atomic mass is 9.94. The van der Waals surface area contributed by atoms with E-state index < -0.39 is 0 Å². The average molecular weight is 638 g/mol. The fourth-order valence-corrected chi connectivity index (χ4v) is 6.76. The van der Waals surface area contributed by atoms with E-state index in [1.54, 1.807) is 0 Å². The second kappa shape index (κ2) is 12.7. The Bertz CT molecular complexity index is 2610. The minimum atomic E-state index is 0.637. The van der Waals surface area contributed by atoms with Gasteiger partial charge in [0.1, 0.15) is 0 Å². The molecule has 0 unspecified atom stereocenters. The van der Waals surface area contributed by atoms with Crippen LogP contribution in [0.4, 0.5) is 0 Å². The summed E-state index contributed by atoms with van der Waals surface area (Å²) in [5.41, 5.74) is 9.76. The van der Waals surface area contributed by atoms with Crippen LogP contribution in [0.3, 0.4) is 0 Å². The first-order valence-corrected chi connectivity index (χ1v) is 16.9. The fourth-order valence-electron chi connectivity index (χ4n) is 6.76. The van der Waals surface area contributed by atoms with E-state index in [1.165, 1.54) is 32.7 Å². The molecule has 0 atom stereocenters. The van der Waals surface area contributed by atoms with Crippen LogP contribution >= 0.6 is 0 Å². The number of fused-ring (bicyclic) bond motifs is 3. The molecule has 9 rings (SSSR count). The van der Waals surface area contributed by atoms with Crippen LogP contribution in [-0.4, -0.2) is 15.0 Å². The fraction of sp³-hybridized carbons (Fsp3) is 0. The largest absolute Gasteiger partial charge is 0.208 e. The first-order chi connectivity index (χ1) is 24.8. The first-order valence-electron chi connectivity index (χ1n) is 16.9. The molecular weight excluding hydrogens is 607 g/mol. The molecular formula is C47H31N3. The first kappa shape index (κ1) is 29.4. The molecule has 0 aliphatic rings. The van der Waals surface area contributed by atoms with E-state index in [9.17, 15) is 0 Å². The van der Waals surface area contributed by atoms with Crippen LogP contribution in [0.25, 0.3) is 89.1 Å². The van der Waals surface area contributed by atoms with Crippen LogP contribution in [0.5, 0.6) is 0 Å². The van der Waals surface area contributed by atoms with Gasteiger partial charge >= 0.3 is 0 Å². The minimum absolute atomic E-state index is 0.637. The molecule has 0 N–H and O–H groups in total. The van der Waals surface area contributed by atoms with Crippen molar-refractivity contribution in [3.8, 4) is 67.5 Å². The summed E-state index contributed by atoms with van der Waals surface area (Å²) < 4.78 is 0. The maximum absolute atomic E-state index is 5.06. The van der Waals surface area contributed by atoms with Gasteiger partial charge in [-0.15, -0.1) is 0 Å². The van der Waals surface area contributed by atoms with Crippen molar-refractivity contribution in [2.75, 3.05) is 0 Å². The normalized spacial score (nSPS) is 11.2. The highest BCUT2D eigenvalue weighted by Crippen LogP contribution is 2.35. The molecule has 0 amide bonds. The van der Waals surface area contributed by atoms with Gasteiger partial charge in [0.25, 0.3) is 0 Å². The molecule has 0 saturated carbocycles. The summed E-state index contributed by atoms with van der Waals surface area (Å²) in [6.45, 7) is 0. The summed E-state index contributed by atoms with van der Waals surface area (Å²) in [6.07, 6.45) is 0. The van der Waals surface area contributed by atoms with Gasteiger partial charge in [-0.3, -0.25) is 0 Å². The Kier molecular flexibility index (Phi) is 7.49. The number of nitrogens with zero attached hydrogens (tertiary/aromatic N) is 3. The molecule has 0 aliphatic heterocycles. The third-order valence-electron chi connectivity index (χ3n) is 9.35. The zero-order chi connectivity index (χ0) is 33.3. The molecule has 0 spiro atoms. The lowest BCUT2D eigenvalue weighted by molar-refractivity contribution is 1.07. The Morgan fingerprint density at radius 1 is 0.240 bits per heavy atom. The molecule has 1 aromatic heterocycles. The number of rotatable bonds is 6. The van der Waals surface area contributed by atoms with Crippen LogP contribution in [-0.2, 0) is 0 Å². The van der Waals surface area contributed by atoms with E-state index in [1.807, 2.05) is 12.1 Å². The van der Waals surface area contributed by atoms with Gasteiger partial charge in [-0.25, -0.2) is 15.0 Å². The maximum Gasteiger partial charge on any atom is 0.164 e. The number of hydrogen-bond donors (Lipinski definition) is 0. The second-order valence-corrected chi connectivity index (χ2v) is 12.5. The summed E-state index contributed by atoms with van der Waals surface area (Å²) in [7, 11) is 0. The highest BCUT2D eigenvalue weighted by atomic mass is 15.0. The highest BCUT2D eigenvalue weighted by Gasteiger charge is 2.14. The SMILES string of the molecule is c1ccc(-c2ccc(-c3nc(-c4ccc(-c5cccc6c5ccc5ccccc56)cc4)nc(-c4cccc(-c5ccccc5)c4)n3)cc2)cc1. The smallest absolute Gasteiger partial charge is 0.164 e. The summed E-state index contributed by atoms with van der Waals surface area (Å²) in [6, 6.07) is 65.8. The van der Waals surface area contributed by atoms with Crippen molar-refractivity contribution < 1.29 is 0 Å². The summed E-state index contributed by atoms with van der Waals surface area (Å²) in [5, 5.41) is 5.01. The molecule has 3 nitrogen and oxygen atoms in total. The Balaban J connectivity index is 1.13. The van der Waals surface area contributed by atoms with Crippen LogP contribution in [0.15, 0.2) is 188 Å². The van der Waals surface area contributed by atoms with E-state index in [0.29, 0.717) is 17.5 Å². The van der Waals surface area contributed by atoms with Gasteiger partial charge in [0, 0.05) is 16.7 Å². The average Bonchev–Trinajstić information content (AvgIpc) is 3.21. The van der Waals surface area contributed by atoms with E-state index in [4.69, 9.17) is 15.0 Å². The van der Waals surface area contributed by atoms with E-state index in [-0.39, 0.29) is 0 Å². The van der Waals surface area contributed by atoms with Gasteiger partial charge in [-0.05, 0) is 61.0 Å². The van der Waals surface area contributed by atoms with Gasteiger partial charge < -0.3 is 0 Å². The molecule has 0 aliphatic carbocycles. The summed E-state index contributed by atoms with van der Waals surface area (Å²) in [4.78, 5) is 15.1. The van der Waals surface area contributed by atoms with Crippen molar-refractivity contribution in [1.82, 2.24) is 15.0 Å². The third kappa shape index (κ3) is 5.61. The highest BCUT2D eigenvalue weighted by molar-refractivity contribution is 6.12. The van der Waals surface area contributed by atoms with Crippen molar-refractivity contribution in [3.05, 3.63) is 188 Å².